The lowest BCUT2D eigenvalue weighted by Crippen LogP contribution is -2.53. The van der Waals surface area contributed by atoms with Crippen LogP contribution in [-0.4, -0.2) is 11.2 Å². The largest absolute Gasteiger partial charge is 0.342 e. The third-order valence-electron chi connectivity index (χ3n) is 10.2. The van der Waals surface area contributed by atoms with Gasteiger partial charge in [-0.3, -0.25) is 0 Å². The van der Waals surface area contributed by atoms with Crippen LogP contribution in [0.2, 0.25) is 0 Å². The molecule has 0 spiro atoms. The summed E-state index contributed by atoms with van der Waals surface area (Å²) in [7, 11) is 0. The number of carbonyl (C=O) groups excluding carboxylic acids is 1. The van der Waals surface area contributed by atoms with E-state index in [-0.39, 0.29) is 0 Å². The molecule has 154 valence electrons. The van der Waals surface area contributed by atoms with Gasteiger partial charge in [-0.1, -0.05) is 33.6 Å². The Bertz CT molecular complexity index is 560. The second-order valence-electron chi connectivity index (χ2n) is 11.1. The molecule has 0 saturated heterocycles. The minimum absolute atomic E-state index is 0.348. The number of fused-ring (bicyclic) bond motifs is 5. The van der Waals surface area contributed by atoms with Gasteiger partial charge in [-0.25, -0.2) is 4.79 Å². The van der Waals surface area contributed by atoms with Crippen LogP contribution in [0.4, 0.5) is 0 Å². The normalized spacial score (nSPS) is 47.5. The summed E-state index contributed by atoms with van der Waals surface area (Å²) in [5.41, 5.74) is 1.08. The van der Waals surface area contributed by atoms with Crippen LogP contribution in [0.5, 0.6) is 0 Å². The van der Waals surface area contributed by atoms with Crippen molar-refractivity contribution in [1.29, 1.82) is 0 Å². The van der Waals surface area contributed by atoms with E-state index in [9.17, 15) is 4.79 Å². The van der Waals surface area contributed by atoms with E-state index >= 15 is 0 Å². The van der Waals surface area contributed by atoms with E-state index in [1.807, 2.05) is 0 Å². The Kier molecular flexibility index (Phi) is 5.37. The molecular formula is C24H40O3. The lowest BCUT2D eigenvalue weighted by atomic mass is 9.44. The van der Waals surface area contributed by atoms with Gasteiger partial charge in [-0.05, 0) is 104 Å². The van der Waals surface area contributed by atoms with Crippen LogP contribution in [0.1, 0.15) is 97.8 Å². The van der Waals surface area contributed by atoms with Crippen molar-refractivity contribution in [2.45, 2.75) is 97.8 Å². The molecule has 0 amide bonds. The summed E-state index contributed by atoms with van der Waals surface area (Å²) in [6, 6.07) is 0. The number of rotatable bonds is 4. The first-order chi connectivity index (χ1) is 12.9. The van der Waals surface area contributed by atoms with Crippen LogP contribution >= 0.6 is 0 Å². The first-order valence-corrected chi connectivity index (χ1v) is 11.7. The molecule has 4 unspecified atom stereocenters. The zero-order chi connectivity index (χ0) is 19.2. The zero-order valence-corrected chi connectivity index (χ0v) is 17.7. The molecule has 0 aromatic rings. The Morgan fingerprint density at radius 2 is 1.78 bits per heavy atom. The SMILES string of the molecule is C[C@H](CCC(=O)OO)[C@H]1CCC2C3CCC4CCCC[C@]4(C)C3CC[C@@]21C. The van der Waals surface area contributed by atoms with Crippen molar-refractivity contribution in [3.05, 3.63) is 0 Å². The third-order valence-corrected chi connectivity index (χ3v) is 10.2. The lowest BCUT2D eigenvalue weighted by Gasteiger charge is -2.61. The van der Waals surface area contributed by atoms with Gasteiger partial charge < -0.3 is 4.89 Å². The molecule has 0 heterocycles. The summed E-state index contributed by atoms with van der Waals surface area (Å²) in [5.74, 6) is 4.60. The highest BCUT2D eigenvalue weighted by Gasteiger charge is 2.60. The fourth-order valence-electron chi connectivity index (χ4n) is 8.86. The van der Waals surface area contributed by atoms with E-state index in [0.29, 0.717) is 23.2 Å². The maximum Gasteiger partial charge on any atom is 0.342 e. The molecule has 3 nitrogen and oxygen atoms in total. The Labute approximate surface area is 165 Å². The first kappa shape index (κ1) is 19.7. The average Bonchev–Trinajstić information content (AvgIpc) is 3.02. The third kappa shape index (κ3) is 3.16. The second kappa shape index (κ2) is 7.35. The summed E-state index contributed by atoms with van der Waals surface area (Å²) in [6.45, 7) is 7.57. The van der Waals surface area contributed by atoms with Crippen molar-refractivity contribution in [1.82, 2.24) is 0 Å². The Balaban J connectivity index is 1.49. The fourth-order valence-corrected chi connectivity index (χ4v) is 8.86. The van der Waals surface area contributed by atoms with Gasteiger partial charge in [0.15, 0.2) is 0 Å². The second-order valence-corrected chi connectivity index (χ2v) is 11.1. The van der Waals surface area contributed by atoms with Gasteiger partial charge in [0.1, 0.15) is 0 Å². The van der Waals surface area contributed by atoms with Gasteiger partial charge in [0.05, 0.1) is 0 Å². The van der Waals surface area contributed by atoms with Gasteiger partial charge in [0.25, 0.3) is 0 Å². The molecule has 4 aliphatic carbocycles. The number of hydrogen-bond donors (Lipinski definition) is 1. The van der Waals surface area contributed by atoms with E-state index < -0.39 is 5.97 Å². The molecular weight excluding hydrogens is 336 g/mol. The van der Waals surface area contributed by atoms with Gasteiger partial charge in [0, 0.05) is 6.42 Å². The average molecular weight is 377 g/mol. The van der Waals surface area contributed by atoms with Gasteiger partial charge in [-0.15, -0.1) is 0 Å². The summed E-state index contributed by atoms with van der Waals surface area (Å²) in [6.07, 6.45) is 15.6. The molecule has 0 aliphatic heterocycles. The molecule has 3 heteroatoms. The lowest BCUT2D eigenvalue weighted by molar-refractivity contribution is -0.234. The smallest absolute Gasteiger partial charge is 0.301 e. The van der Waals surface area contributed by atoms with Crippen molar-refractivity contribution in [3.8, 4) is 0 Å². The van der Waals surface area contributed by atoms with E-state index in [1.165, 1.54) is 64.2 Å². The highest BCUT2D eigenvalue weighted by atomic mass is 17.1. The number of carbonyl (C=O) groups is 1. The van der Waals surface area contributed by atoms with Crippen molar-refractivity contribution in [2.75, 3.05) is 0 Å². The summed E-state index contributed by atoms with van der Waals surface area (Å²) in [4.78, 5) is 15.3. The Hall–Kier alpha value is -0.570. The highest BCUT2D eigenvalue weighted by Crippen LogP contribution is 2.68. The molecule has 4 saturated carbocycles. The first-order valence-electron chi connectivity index (χ1n) is 11.7. The molecule has 1 N–H and O–H groups in total. The van der Waals surface area contributed by atoms with Crippen LogP contribution in [-0.2, 0) is 9.68 Å². The molecule has 0 aromatic heterocycles. The van der Waals surface area contributed by atoms with Gasteiger partial charge in [0.2, 0.25) is 0 Å². The van der Waals surface area contributed by atoms with E-state index in [4.69, 9.17) is 5.26 Å². The predicted molar refractivity (Wildman–Crippen MR) is 107 cm³/mol. The molecule has 0 bridgehead atoms. The van der Waals surface area contributed by atoms with Crippen LogP contribution < -0.4 is 0 Å². The molecule has 0 aromatic carbocycles. The molecule has 8 atom stereocenters. The summed E-state index contributed by atoms with van der Waals surface area (Å²) >= 11 is 0. The topological polar surface area (TPSA) is 46.5 Å². The quantitative estimate of drug-likeness (QED) is 0.452. The van der Waals surface area contributed by atoms with Crippen LogP contribution in [0.3, 0.4) is 0 Å². The standard InChI is InChI=1S/C24H40O3/c1-16(7-12-22(25)27-26)19-10-11-20-18-9-8-17-6-4-5-14-23(17,2)21(18)13-15-24(19,20)3/h16-21,26H,4-15H2,1-3H3/t16-,17?,18?,19-,20?,21?,23+,24-/m1/s1. The molecule has 0 radical (unpaired) electrons. The van der Waals surface area contributed by atoms with Crippen molar-refractivity contribution in [2.24, 2.45) is 46.3 Å². The van der Waals surface area contributed by atoms with Crippen molar-refractivity contribution < 1.29 is 14.9 Å². The van der Waals surface area contributed by atoms with E-state index in [1.54, 1.807) is 0 Å². The highest BCUT2D eigenvalue weighted by molar-refractivity contribution is 5.68. The van der Waals surface area contributed by atoms with Gasteiger partial charge in [-0.2, -0.15) is 5.26 Å². The minimum Gasteiger partial charge on any atom is -0.301 e. The molecule has 4 aliphatic rings. The Morgan fingerprint density at radius 1 is 1.00 bits per heavy atom. The monoisotopic (exact) mass is 376 g/mol. The molecule has 27 heavy (non-hydrogen) atoms. The van der Waals surface area contributed by atoms with Crippen LogP contribution in [0.15, 0.2) is 0 Å². The Morgan fingerprint density at radius 3 is 2.56 bits per heavy atom. The summed E-state index contributed by atoms with van der Waals surface area (Å²) in [5, 5.41) is 8.55. The minimum atomic E-state index is -0.478. The predicted octanol–water partition coefficient (Wildman–Crippen LogP) is 6.47. The maximum atomic E-state index is 11.4. The fraction of sp³-hybridized carbons (Fsp3) is 0.958. The van der Waals surface area contributed by atoms with E-state index in [2.05, 4.69) is 25.7 Å². The van der Waals surface area contributed by atoms with Gasteiger partial charge >= 0.3 is 5.97 Å². The maximum absolute atomic E-state index is 11.4. The van der Waals surface area contributed by atoms with Crippen molar-refractivity contribution in [3.63, 3.8) is 0 Å². The van der Waals surface area contributed by atoms with Crippen LogP contribution in [0, 0.1) is 46.3 Å². The number of hydrogen-bond acceptors (Lipinski definition) is 3. The molecule has 4 fully saturated rings. The zero-order valence-electron chi connectivity index (χ0n) is 17.7. The van der Waals surface area contributed by atoms with Crippen molar-refractivity contribution >= 4 is 5.97 Å². The summed E-state index contributed by atoms with van der Waals surface area (Å²) < 4.78 is 0. The molecule has 4 rings (SSSR count). The van der Waals surface area contributed by atoms with Crippen LogP contribution in [0.25, 0.3) is 0 Å². The van der Waals surface area contributed by atoms with E-state index in [0.717, 1.165) is 36.0 Å².